The summed E-state index contributed by atoms with van der Waals surface area (Å²) in [5.74, 6) is 0. The first-order valence-corrected chi connectivity index (χ1v) is 6.98. The summed E-state index contributed by atoms with van der Waals surface area (Å²) >= 11 is 5.52. The second-order valence-corrected chi connectivity index (χ2v) is 5.83. The Morgan fingerprint density at radius 1 is 1.24 bits per heavy atom. The largest absolute Gasteiger partial charge is 0.380 e. The smallest absolute Gasteiger partial charge is 0.246 e. The summed E-state index contributed by atoms with van der Waals surface area (Å²) in [4.78, 5) is 7.42. The van der Waals surface area contributed by atoms with Crippen LogP contribution in [0.1, 0.15) is 6.42 Å². The first-order valence-electron chi connectivity index (χ1n) is 5.16. The molecule has 0 radical (unpaired) electrons. The van der Waals surface area contributed by atoms with E-state index in [1.807, 2.05) is 0 Å². The molecule has 94 valence electrons. The summed E-state index contributed by atoms with van der Waals surface area (Å²) in [5.41, 5.74) is 0. The third kappa shape index (κ3) is 2.92. The lowest BCUT2D eigenvalue weighted by atomic mass is 10.5. The molecule has 1 fully saturated rings. The Labute approximate surface area is 105 Å². The van der Waals surface area contributed by atoms with Crippen LogP contribution in [0.15, 0.2) is 17.3 Å². The molecule has 1 aromatic heterocycles. The normalized spacial score (nSPS) is 18.9. The number of nitrogens with zero attached hydrogens (tertiary/aromatic N) is 3. The minimum Gasteiger partial charge on any atom is -0.380 e. The number of halogens is 1. The van der Waals surface area contributed by atoms with Gasteiger partial charge >= 0.3 is 0 Å². The summed E-state index contributed by atoms with van der Waals surface area (Å²) in [6, 6.07) is 0. The first-order chi connectivity index (χ1) is 8.10. The van der Waals surface area contributed by atoms with Crippen molar-refractivity contribution in [2.45, 2.75) is 11.3 Å². The van der Waals surface area contributed by atoms with Crippen molar-refractivity contribution >= 4 is 21.6 Å². The minimum atomic E-state index is -3.53. The molecule has 0 bridgehead atoms. The number of hydrogen-bond acceptors (Lipinski definition) is 5. The van der Waals surface area contributed by atoms with Crippen LogP contribution in [0, 0.1) is 0 Å². The van der Waals surface area contributed by atoms with Crippen LogP contribution in [0.2, 0.25) is 5.28 Å². The zero-order chi connectivity index (χ0) is 12.3. The van der Waals surface area contributed by atoms with Gasteiger partial charge in [-0.3, -0.25) is 0 Å². The second kappa shape index (κ2) is 5.26. The predicted molar refractivity (Wildman–Crippen MR) is 61.2 cm³/mol. The molecule has 0 aromatic carbocycles. The SMILES string of the molecule is O=S(=O)(c1cnc(Cl)nc1)N1CCCOCC1. The lowest BCUT2D eigenvalue weighted by Crippen LogP contribution is -2.33. The van der Waals surface area contributed by atoms with Crippen LogP contribution in [-0.2, 0) is 14.8 Å². The van der Waals surface area contributed by atoms with E-state index in [2.05, 4.69) is 9.97 Å². The quantitative estimate of drug-likeness (QED) is 0.738. The third-order valence-corrected chi connectivity index (χ3v) is 4.46. The first kappa shape index (κ1) is 12.7. The lowest BCUT2D eigenvalue weighted by molar-refractivity contribution is 0.148. The van der Waals surface area contributed by atoms with E-state index in [0.29, 0.717) is 32.7 Å². The highest BCUT2D eigenvalue weighted by atomic mass is 35.5. The van der Waals surface area contributed by atoms with Crippen molar-refractivity contribution in [1.82, 2.24) is 14.3 Å². The van der Waals surface area contributed by atoms with E-state index in [0.717, 1.165) is 0 Å². The summed E-state index contributed by atoms with van der Waals surface area (Å²) in [5, 5.41) is 0.0307. The highest BCUT2D eigenvalue weighted by Crippen LogP contribution is 2.16. The van der Waals surface area contributed by atoms with Crippen LogP contribution in [0.5, 0.6) is 0 Å². The Morgan fingerprint density at radius 3 is 2.65 bits per heavy atom. The van der Waals surface area contributed by atoms with Gasteiger partial charge in [-0.05, 0) is 18.0 Å². The van der Waals surface area contributed by atoms with Crippen LogP contribution in [0.4, 0.5) is 0 Å². The van der Waals surface area contributed by atoms with Gasteiger partial charge in [0.1, 0.15) is 4.90 Å². The molecule has 0 aliphatic carbocycles. The molecule has 6 nitrogen and oxygen atoms in total. The van der Waals surface area contributed by atoms with Gasteiger partial charge in [-0.2, -0.15) is 4.31 Å². The van der Waals surface area contributed by atoms with Gasteiger partial charge in [-0.15, -0.1) is 0 Å². The fourth-order valence-corrected chi connectivity index (χ4v) is 3.00. The number of sulfonamides is 1. The maximum Gasteiger partial charge on any atom is 0.246 e. The van der Waals surface area contributed by atoms with Crippen molar-refractivity contribution in [3.8, 4) is 0 Å². The van der Waals surface area contributed by atoms with Gasteiger partial charge in [0.25, 0.3) is 0 Å². The molecule has 2 heterocycles. The Bertz CT molecular complexity index is 469. The summed E-state index contributed by atoms with van der Waals surface area (Å²) in [6.07, 6.45) is 3.13. The molecule has 8 heteroatoms. The third-order valence-electron chi connectivity index (χ3n) is 2.42. The van der Waals surface area contributed by atoms with Gasteiger partial charge in [-0.25, -0.2) is 18.4 Å². The van der Waals surface area contributed by atoms with Crippen LogP contribution < -0.4 is 0 Å². The maximum atomic E-state index is 12.2. The summed E-state index contributed by atoms with van der Waals surface area (Å²) < 4.78 is 31.0. The molecule has 17 heavy (non-hydrogen) atoms. The van der Waals surface area contributed by atoms with Crippen LogP contribution in [0.25, 0.3) is 0 Å². The molecule has 0 unspecified atom stereocenters. The van der Waals surface area contributed by atoms with Crippen LogP contribution >= 0.6 is 11.6 Å². The van der Waals surface area contributed by atoms with E-state index < -0.39 is 10.0 Å². The Balaban J connectivity index is 2.25. The van der Waals surface area contributed by atoms with Crippen molar-refractivity contribution in [1.29, 1.82) is 0 Å². The van der Waals surface area contributed by atoms with Gasteiger partial charge in [0.05, 0.1) is 19.0 Å². The number of hydrogen-bond donors (Lipinski definition) is 0. The highest BCUT2D eigenvalue weighted by Gasteiger charge is 2.25. The fourth-order valence-electron chi connectivity index (χ4n) is 1.55. The Kier molecular flexibility index (Phi) is 3.93. The van der Waals surface area contributed by atoms with Crippen LogP contribution in [-0.4, -0.2) is 49.0 Å². The molecule has 0 amide bonds. The molecule has 1 aromatic rings. The second-order valence-electron chi connectivity index (χ2n) is 3.56. The Morgan fingerprint density at radius 2 is 1.94 bits per heavy atom. The molecule has 0 N–H and O–H groups in total. The van der Waals surface area contributed by atoms with Crippen molar-refractivity contribution < 1.29 is 13.2 Å². The average molecular weight is 278 g/mol. The number of ether oxygens (including phenoxy) is 1. The average Bonchev–Trinajstić information content (AvgIpc) is 2.58. The maximum absolute atomic E-state index is 12.2. The lowest BCUT2D eigenvalue weighted by Gasteiger charge is -2.18. The van der Waals surface area contributed by atoms with Crippen molar-refractivity contribution in [3.63, 3.8) is 0 Å². The zero-order valence-electron chi connectivity index (χ0n) is 9.04. The molecule has 2 rings (SSSR count). The molecule has 0 spiro atoms. The summed E-state index contributed by atoms with van der Waals surface area (Å²) in [6.45, 7) is 1.80. The van der Waals surface area contributed by atoms with Crippen LogP contribution in [0.3, 0.4) is 0 Å². The van der Waals surface area contributed by atoms with Crippen molar-refractivity contribution in [3.05, 3.63) is 17.7 Å². The fraction of sp³-hybridized carbons (Fsp3) is 0.556. The molecule has 0 atom stereocenters. The molecular formula is C9H12ClN3O3S. The molecule has 1 aliphatic heterocycles. The highest BCUT2D eigenvalue weighted by molar-refractivity contribution is 7.89. The number of aromatic nitrogens is 2. The van der Waals surface area contributed by atoms with Gasteiger partial charge in [-0.1, -0.05) is 0 Å². The van der Waals surface area contributed by atoms with Crippen molar-refractivity contribution in [2.75, 3.05) is 26.3 Å². The molecule has 0 saturated carbocycles. The molecular weight excluding hydrogens is 266 g/mol. The predicted octanol–water partition coefficient (Wildman–Crippen LogP) is 0.541. The van der Waals surface area contributed by atoms with E-state index in [1.54, 1.807) is 0 Å². The van der Waals surface area contributed by atoms with Crippen molar-refractivity contribution in [2.24, 2.45) is 0 Å². The molecule has 1 aliphatic rings. The summed E-state index contributed by atoms with van der Waals surface area (Å²) in [7, 11) is -3.53. The van der Waals surface area contributed by atoms with E-state index in [9.17, 15) is 8.42 Å². The molecule has 1 saturated heterocycles. The van der Waals surface area contributed by atoms with E-state index in [4.69, 9.17) is 16.3 Å². The van der Waals surface area contributed by atoms with Gasteiger partial charge in [0.2, 0.25) is 15.3 Å². The van der Waals surface area contributed by atoms with Gasteiger partial charge < -0.3 is 4.74 Å². The zero-order valence-corrected chi connectivity index (χ0v) is 10.6. The van der Waals surface area contributed by atoms with E-state index in [-0.39, 0.29) is 10.2 Å². The topological polar surface area (TPSA) is 72.4 Å². The van der Waals surface area contributed by atoms with E-state index >= 15 is 0 Å². The Hall–Kier alpha value is -0.760. The minimum absolute atomic E-state index is 0.0307. The van der Waals surface area contributed by atoms with Gasteiger partial charge in [0.15, 0.2) is 0 Å². The standard InChI is InChI=1S/C9H12ClN3O3S/c10-9-11-6-8(7-12-9)17(14,15)13-2-1-4-16-5-3-13/h6-7H,1-5H2. The monoisotopic (exact) mass is 277 g/mol. The number of rotatable bonds is 2. The van der Waals surface area contributed by atoms with Gasteiger partial charge in [0, 0.05) is 19.7 Å². The van der Waals surface area contributed by atoms with E-state index in [1.165, 1.54) is 16.7 Å².